The molecular formula is C18H27ClN2O2. The summed E-state index contributed by atoms with van der Waals surface area (Å²) in [7, 11) is 1.69. The van der Waals surface area contributed by atoms with Crippen molar-refractivity contribution in [2.45, 2.75) is 32.1 Å². The van der Waals surface area contributed by atoms with Gasteiger partial charge in [0, 0.05) is 18.1 Å². The number of nitrogens with one attached hydrogen (secondary N) is 1. The van der Waals surface area contributed by atoms with Gasteiger partial charge in [-0.25, -0.2) is 0 Å². The number of methoxy groups -OCH3 is 1. The summed E-state index contributed by atoms with van der Waals surface area (Å²) in [4.78, 5) is 16.1. The molecule has 2 aliphatic rings. The zero-order valence-corrected chi connectivity index (χ0v) is 14.6. The molecule has 3 rings (SSSR count). The highest BCUT2D eigenvalue weighted by Crippen LogP contribution is 2.25. The molecule has 4 nitrogen and oxygen atoms in total. The molecule has 23 heavy (non-hydrogen) atoms. The van der Waals surface area contributed by atoms with Gasteiger partial charge >= 0.3 is 0 Å². The Morgan fingerprint density at radius 1 is 1.09 bits per heavy atom. The first kappa shape index (κ1) is 18.1. The van der Waals surface area contributed by atoms with Gasteiger partial charge in [0.25, 0.3) is 0 Å². The third kappa shape index (κ3) is 4.39. The summed E-state index contributed by atoms with van der Waals surface area (Å²) in [5.74, 6) is 1.61. The highest BCUT2D eigenvalue weighted by molar-refractivity contribution is 5.79. The lowest BCUT2D eigenvalue weighted by atomic mass is 9.88. The molecule has 2 fully saturated rings. The summed E-state index contributed by atoms with van der Waals surface area (Å²) in [5.41, 5.74) is 1.30. The number of amides is 1. The van der Waals surface area contributed by atoms with E-state index in [1.165, 1.54) is 29.8 Å². The Labute approximate surface area is 145 Å². The van der Waals surface area contributed by atoms with Crippen molar-refractivity contribution in [3.8, 4) is 5.75 Å². The quantitative estimate of drug-likeness (QED) is 0.738. The van der Waals surface area contributed by atoms with Crippen molar-refractivity contribution in [3.05, 3.63) is 24.3 Å². The maximum atomic E-state index is 12.6. The summed E-state index contributed by atoms with van der Waals surface area (Å²) in [6, 6.07) is 8.29. The van der Waals surface area contributed by atoms with E-state index < -0.39 is 0 Å². The Balaban J connectivity index is 0.00000192. The predicted molar refractivity (Wildman–Crippen MR) is 86.5 cm³/mol. The number of hydrogen-bond acceptors (Lipinski definition) is 2. The summed E-state index contributed by atoms with van der Waals surface area (Å²) < 4.78 is 5.21. The zero-order valence-electron chi connectivity index (χ0n) is 13.9. The van der Waals surface area contributed by atoms with Gasteiger partial charge in [-0.3, -0.25) is 9.69 Å². The molecule has 1 amide bonds. The molecule has 1 aromatic carbocycles. The minimum atomic E-state index is 0. The molecule has 0 bridgehead atoms. The number of hydrogen-bond donors (Lipinski definition) is 1. The number of halogens is 1. The Kier molecular flexibility index (Phi) is 6.72. The lowest BCUT2D eigenvalue weighted by Gasteiger charge is -2.35. The second kappa shape index (κ2) is 8.55. The van der Waals surface area contributed by atoms with Crippen molar-refractivity contribution in [3.63, 3.8) is 0 Å². The highest BCUT2D eigenvalue weighted by Gasteiger charge is 2.30. The van der Waals surface area contributed by atoms with Gasteiger partial charge in [0.2, 0.25) is 5.91 Å². The molecule has 1 N–H and O–H groups in total. The standard InChI is InChI=1S/C18H26N2O2.ClH/c1-22-17-9-7-16(8-10-17)19-11-13-20(14-12-19)18(21)15-5-3-2-4-6-15;/h7-10,15H,2-6,11-14H2,1H3;1H. The first-order chi connectivity index (χ1) is 10.8. The molecule has 1 aliphatic heterocycles. The number of carbonyl (C=O) groups is 1. The van der Waals surface area contributed by atoms with Crippen LogP contribution in [-0.4, -0.2) is 44.1 Å². The van der Waals surface area contributed by atoms with E-state index in [0.717, 1.165) is 44.8 Å². The van der Waals surface area contributed by atoms with Crippen LogP contribution in [0.2, 0.25) is 0 Å². The third-order valence-corrected chi connectivity index (χ3v) is 5.13. The van der Waals surface area contributed by atoms with Crippen molar-refractivity contribution in [2.24, 2.45) is 5.92 Å². The maximum absolute atomic E-state index is 12.6. The van der Waals surface area contributed by atoms with Gasteiger partial charge in [0.15, 0.2) is 0 Å². The molecule has 0 spiro atoms. The van der Waals surface area contributed by atoms with Crippen LogP contribution in [0.15, 0.2) is 24.3 Å². The normalized spacial score (nSPS) is 20.0. The van der Waals surface area contributed by atoms with Crippen molar-refractivity contribution < 1.29 is 26.8 Å². The maximum Gasteiger partial charge on any atom is 0.226 e. The number of carbonyl (C=O) groups excluding carboxylic acids is 1. The molecule has 1 aromatic rings. The molecule has 1 saturated heterocycles. The average molecular weight is 339 g/mol. The minimum Gasteiger partial charge on any atom is -1.00 e. The molecular weight excluding hydrogens is 312 g/mol. The van der Waals surface area contributed by atoms with Gasteiger partial charge in [0.05, 0.1) is 33.3 Å². The molecule has 1 aliphatic carbocycles. The number of piperazine rings is 1. The van der Waals surface area contributed by atoms with E-state index in [0.29, 0.717) is 11.8 Å². The van der Waals surface area contributed by atoms with Gasteiger partial charge in [0.1, 0.15) is 11.4 Å². The van der Waals surface area contributed by atoms with Crippen molar-refractivity contribution in [1.82, 2.24) is 4.90 Å². The van der Waals surface area contributed by atoms with Gasteiger partial charge in [-0.05, 0) is 25.0 Å². The van der Waals surface area contributed by atoms with Crippen LogP contribution >= 0.6 is 0 Å². The van der Waals surface area contributed by atoms with Gasteiger partial charge < -0.3 is 22.0 Å². The topological polar surface area (TPSA) is 34.0 Å². The number of benzene rings is 1. The first-order valence-electron chi connectivity index (χ1n) is 8.56. The number of ether oxygens (including phenoxy) is 1. The Morgan fingerprint density at radius 3 is 2.26 bits per heavy atom. The number of quaternary nitrogens is 1. The molecule has 1 heterocycles. The fourth-order valence-corrected chi connectivity index (χ4v) is 3.72. The molecule has 0 aromatic heterocycles. The van der Waals surface area contributed by atoms with Crippen LogP contribution in [0.5, 0.6) is 5.75 Å². The van der Waals surface area contributed by atoms with E-state index in [4.69, 9.17) is 4.74 Å². The lowest BCUT2D eigenvalue weighted by Crippen LogP contribution is -3.10. The molecule has 5 heteroatoms. The van der Waals surface area contributed by atoms with Crippen LogP contribution in [-0.2, 0) is 4.79 Å². The van der Waals surface area contributed by atoms with Gasteiger partial charge in [-0.15, -0.1) is 0 Å². The Bertz CT molecular complexity index is 492. The zero-order chi connectivity index (χ0) is 15.4. The third-order valence-electron chi connectivity index (χ3n) is 5.13. The summed E-state index contributed by atoms with van der Waals surface area (Å²) in [6.45, 7) is 3.78. The predicted octanol–water partition coefficient (Wildman–Crippen LogP) is -1.36. The second-order valence-electron chi connectivity index (χ2n) is 6.49. The average Bonchev–Trinajstić information content (AvgIpc) is 2.62. The van der Waals surface area contributed by atoms with Crippen molar-refractivity contribution in [1.29, 1.82) is 0 Å². The van der Waals surface area contributed by atoms with E-state index in [2.05, 4.69) is 17.0 Å². The Hall–Kier alpha value is -1.26. The second-order valence-corrected chi connectivity index (χ2v) is 6.49. The van der Waals surface area contributed by atoms with Gasteiger partial charge in [-0.2, -0.15) is 0 Å². The summed E-state index contributed by atoms with van der Waals surface area (Å²) >= 11 is 0. The lowest BCUT2D eigenvalue weighted by molar-refractivity contribution is -0.837. The summed E-state index contributed by atoms with van der Waals surface area (Å²) in [5, 5.41) is 0. The SMILES string of the molecule is COc1ccc([NH+]2CCN(C(=O)C3CCCCC3)CC2)cc1.[Cl-]. The molecule has 0 unspecified atom stereocenters. The molecule has 0 atom stereocenters. The van der Waals surface area contributed by atoms with Crippen molar-refractivity contribution in [2.75, 3.05) is 33.3 Å². The first-order valence-corrected chi connectivity index (χ1v) is 8.56. The Morgan fingerprint density at radius 2 is 1.70 bits per heavy atom. The highest BCUT2D eigenvalue weighted by atomic mass is 35.5. The van der Waals surface area contributed by atoms with E-state index in [-0.39, 0.29) is 12.4 Å². The van der Waals surface area contributed by atoms with Crippen LogP contribution < -0.4 is 22.0 Å². The fourth-order valence-electron chi connectivity index (χ4n) is 3.72. The van der Waals surface area contributed by atoms with E-state index in [1.807, 2.05) is 12.1 Å². The van der Waals surface area contributed by atoms with Crippen LogP contribution in [0, 0.1) is 5.92 Å². The monoisotopic (exact) mass is 338 g/mol. The minimum absolute atomic E-state index is 0. The van der Waals surface area contributed by atoms with Gasteiger partial charge in [-0.1, -0.05) is 19.3 Å². The smallest absolute Gasteiger partial charge is 0.226 e. The molecule has 1 saturated carbocycles. The van der Waals surface area contributed by atoms with Crippen molar-refractivity contribution >= 4 is 11.6 Å². The fraction of sp³-hybridized carbons (Fsp3) is 0.611. The van der Waals surface area contributed by atoms with E-state index >= 15 is 0 Å². The summed E-state index contributed by atoms with van der Waals surface area (Å²) in [6.07, 6.45) is 5.97. The molecule has 128 valence electrons. The number of nitrogens with zero attached hydrogens (tertiary/aromatic N) is 1. The van der Waals surface area contributed by atoms with E-state index in [1.54, 1.807) is 7.11 Å². The van der Waals surface area contributed by atoms with Crippen LogP contribution in [0.3, 0.4) is 0 Å². The largest absolute Gasteiger partial charge is 1.00 e. The van der Waals surface area contributed by atoms with Crippen LogP contribution in [0.4, 0.5) is 5.69 Å². The van der Waals surface area contributed by atoms with Crippen LogP contribution in [0.25, 0.3) is 0 Å². The molecule has 0 radical (unpaired) electrons. The van der Waals surface area contributed by atoms with Crippen LogP contribution in [0.1, 0.15) is 32.1 Å². The van der Waals surface area contributed by atoms with E-state index in [9.17, 15) is 4.79 Å². The number of rotatable bonds is 3.